The Balaban J connectivity index is 1.77. The molecule has 2 rings (SSSR count). The summed E-state index contributed by atoms with van der Waals surface area (Å²) in [6, 6.07) is -0.792. The van der Waals surface area contributed by atoms with Gasteiger partial charge < -0.3 is 4.57 Å². The number of imidazole rings is 1. The molecule has 1 aliphatic rings. The van der Waals surface area contributed by atoms with E-state index >= 15 is 0 Å². The van der Waals surface area contributed by atoms with Crippen LogP contribution in [0.3, 0.4) is 0 Å². The highest BCUT2D eigenvalue weighted by Crippen LogP contribution is 1.99. The molecule has 0 saturated carbocycles. The molecule has 100 valence electrons. The number of aliphatic imine (C=N–C) groups is 1. The first kappa shape index (κ1) is 12.9. The van der Waals surface area contributed by atoms with Gasteiger partial charge in [-0.2, -0.15) is 0 Å². The van der Waals surface area contributed by atoms with Gasteiger partial charge in [0.1, 0.15) is 0 Å². The van der Waals surface area contributed by atoms with E-state index in [0.29, 0.717) is 6.54 Å². The highest BCUT2D eigenvalue weighted by Gasteiger charge is 2.32. The Morgan fingerprint density at radius 3 is 2.68 bits per heavy atom. The first-order chi connectivity index (χ1) is 9.16. The van der Waals surface area contributed by atoms with E-state index in [1.807, 2.05) is 21.4 Å². The third-order valence-electron chi connectivity index (χ3n) is 2.56. The summed E-state index contributed by atoms with van der Waals surface area (Å²) in [7, 11) is 0. The number of hydrogen-bond donors (Lipinski definition) is 2. The molecule has 8 nitrogen and oxygen atoms in total. The summed E-state index contributed by atoms with van der Waals surface area (Å²) in [4.78, 5) is 41.5. The number of hydrogen-bond acceptors (Lipinski definition) is 5. The maximum atomic E-state index is 11.4. The van der Waals surface area contributed by atoms with Gasteiger partial charge in [-0.25, -0.2) is 9.78 Å². The molecule has 1 fully saturated rings. The number of carbonyl (C=O) groups is 3. The predicted molar refractivity (Wildman–Crippen MR) is 65.4 cm³/mol. The molecule has 2 heterocycles. The lowest BCUT2D eigenvalue weighted by molar-refractivity contribution is -0.132. The van der Waals surface area contributed by atoms with Gasteiger partial charge >= 0.3 is 6.03 Å². The quantitative estimate of drug-likeness (QED) is 0.417. The number of nitrogens with zero attached hydrogens (tertiary/aromatic N) is 3. The fraction of sp³-hybridized carbons (Fsp3) is 0.364. The monoisotopic (exact) mass is 263 g/mol. The Kier molecular flexibility index (Phi) is 4.01. The van der Waals surface area contributed by atoms with Crippen LogP contribution in [0.5, 0.6) is 0 Å². The van der Waals surface area contributed by atoms with Crippen molar-refractivity contribution < 1.29 is 14.4 Å². The molecule has 2 N–H and O–H groups in total. The minimum Gasteiger partial charge on any atom is -0.337 e. The zero-order valence-electron chi connectivity index (χ0n) is 10.1. The molecule has 0 spiro atoms. The Morgan fingerprint density at radius 2 is 2.05 bits per heavy atom. The second kappa shape index (κ2) is 5.89. The molecule has 19 heavy (non-hydrogen) atoms. The first-order valence-corrected chi connectivity index (χ1v) is 5.78. The van der Waals surface area contributed by atoms with Crippen LogP contribution in [0, 0.1) is 5.92 Å². The minimum absolute atomic E-state index is 0.489. The predicted octanol–water partition coefficient (Wildman–Crippen LogP) is -0.674. The fourth-order valence-corrected chi connectivity index (χ4v) is 1.61. The molecule has 1 aromatic heterocycles. The van der Waals surface area contributed by atoms with Crippen molar-refractivity contribution in [3.63, 3.8) is 0 Å². The van der Waals surface area contributed by atoms with Crippen molar-refractivity contribution >= 4 is 24.1 Å². The smallest absolute Gasteiger partial charge is 0.328 e. The number of amides is 4. The van der Waals surface area contributed by atoms with Crippen LogP contribution >= 0.6 is 0 Å². The van der Waals surface area contributed by atoms with Gasteiger partial charge in [-0.3, -0.25) is 25.2 Å². The third kappa shape index (κ3) is 3.47. The van der Waals surface area contributed by atoms with Crippen LogP contribution in [0.15, 0.2) is 23.7 Å². The van der Waals surface area contributed by atoms with Crippen molar-refractivity contribution in [2.45, 2.75) is 13.0 Å². The molecule has 1 aliphatic heterocycles. The SMILES string of the molecule is O=C1NC(=O)C(C=NCCCn2ccnc2)C(=O)N1. The van der Waals surface area contributed by atoms with E-state index in [1.54, 1.807) is 12.5 Å². The Morgan fingerprint density at radius 1 is 1.32 bits per heavy atom. The molecule has 0 aliphatic carbocycles. The van der Waals surface area contributed by atoms with Crippen molar-refractivity contribution in [1.82, 2.24) is 20.2 Å². The minimum atomic E-state index is -1.04. The van der Waals surface area contributed by atoms with Crippen LogP contribution in [-0.4, -0.2) is 40.2 Å². The lowest BCUT2D eigenvalue weighted by Crippen LogP contribution is -2.56. The molecule has 8 heteroatoms. The van der Waals surface area contributed by atoms with Gasteiger partial charge in [0.05, 0.1) is 6.33 Å². The highest BCUT2D eigenvalue weighted by molar-refractivity contribution is 6.23. The van der Waals surface area contributed by atoms with Crippen molar-refractivity contribution in [3.8, 4) is 0 Å². The lowest BCUT2D eigenvalue weighted by Gasteiger charge is -2.16. The molecule has 1 aromatic rings. The number of nitrogens with one attached hydrogen (secondary N) is 2. The molecular weight excluding hydrogens is 250 g/mol. The van der Waals surface area contributed by atoms with Gasteiger partial charge in [0.2, 0.25) is 11.8 Å². The largest absolute Gasteiger partial charge is 0.337 e. The summed E-state index contributed by atoms with van der Waals surface area (Å²) in [6.45, 7) is 1.25. The molecule has 1 saturated heterocycles. The van der Waals surface area contributed by atoms with Gasteiger partial charge in [-0.15, -0.1) is 0 Å². The van der Waals surface area contributed by atoms with Crippen molar-refractivity contribution in [3.05, 3.63) is 18.7 Å². The van der Waals surface area contributed by atoms with E-state index in [1.165, 1.54) is 6.21 Å². The highest BCUT2D eigenvalue weighted by atomic mass is 16.2. The van der Waals surface area contributed by atoms with Crippen LogP contribution in [0.25, 0.3) is 0 Å². The number of aromatic nitrogens is 2. The summed E-state index contributed by atoms with van der Waals surface area (Å²) in [5.41, 5.74) is 0. The maximum absolute atomic E-state index is 11.4. The van der Waals surface area contributed by atoms with E-state index in [-0.39, 0.29) is 0 Å². The van der Waals surface area contributed by atoms with Gasteiger partial charge in [0, 0.05) is 31.7 Å². The second-order valence-corrected chi connectivity index (χ2v) is 3.99. The van der Waals surface area contributed by atoms with Gasteiger partial charge in [0.25, 0.3) is 0 Å². The van der Waals surface area contributed by atoms with E-state index in [2.05, 4.69) is 9.98 Å². The number of aryl methyl sites for hydroxylation is 1. The van der Waals surface area contributed by atoms with E-state index < -0.39 is 23.8 Å². The van der Waals surface area contributed by atoms with Crippen molar-refractivity contribution in [1.29, 1.82) is 0 Å². The van der Waals surface area contributed by atoms with Gasteiger partial charge in [-0.1, -0.05) is 0 Å². The molecule has 0 aromatic carbocycles. The van der Waals surface area contributed by atoms with Crippen LogP contribution in [0.4, 0.5) is 4.79 Å². The number of barbiturate groups is 1. The van der Waals surface area contributed by atoms with E-state index in [4.69, 9.17) is 0 Å². The molecule has 4 amide bonds. The van der Waals surface area contributed by atoms with Gasteiger partial charge in [0.15, 0.2) is 5.92 Å². The van der Waals surface area contributed by atoms with Crippen LogP contribution in [0.2, 0.25) is 0 Å². The Labute approximate surface area is 108 Å². The number of imide groups is 2. The van der Waals surface area contributed by atoms with Crippen LogP contribution in [-0.2, 0) is 16.1 Å². The number of rotatable bonds is 5. The third-order valence-corrected chi connectivity index (χ3v) is 2.56. The van der Waals surface area contributed by atoms with Gasteiger partial charge in [-0.05, 0) is 6.42 Å². The fourth-order valence-electron chi connectivity index (χ4n) is 1.61. The van der Waals surface area contributed by atoms with Crippen molar-refractivity contribution in [2.24, 2.45) is 10.9 Å². The van der Waals surface area contributed by atoms with Crippen molar-refractivity contribution in [2.75, 3.05) is 6.54 Å². The lowest BCUT2D eigenvalue weighted by atomic mass is 10.1. The number of carbonyl (C=O) groups excluding carboxylic acids is 3. The van der Waals surface area contributed by atoms with Crippen LogP contribution in [0.1, 0.15) is 6.42 Å². The Hall–Kier alpha value is -2.51. The molecule has 0 bridgehead atoms. The van der Waals surface area contributed by atoms with E-state index in [9.17, 15) is 14.4 Å². The summed E-state index contributed by atoms with van der Waals surface area (Å²) >= 11 is 0. The second-order valence-electron chi connectivity index (χ2n) is 3.99. The molecule has 0 unspecified atom stereocenters. The van der Waals surface area contributed by atoms with Crippen LogP contribution < -0.4 is 10.6 Å². The summed E-state index contributed by atoms with van der Waals surface area (Å²) < 4.78 is 1.91. The summed E-state index contributed by atoms with van der Waals surface area (Å²) in [5, 5.41) is 4.02. The normalized spacial score (nSPS) is 16.7. The van der Waals surface area contributed by atoms with E-state index in [0.717, 1.165) is 13.0 Å². The molecular formula is C11H13N5O3. The standard InChI is InChI=1S/C11H13N5O3/c17-9-8(10(18)15-11(19)14-9)6-12-2-1-4-16-5-3-13-7-16/h3,5-8H,1-2,4H2,(H2,14,15,17,18,19). The molecule has 0 atom stereocenters. The average Bonchev–Trinajstić information content (AvgIpc) is 2.84. The zero-order valence-corrected chi connectivity index (χ0v) is 10.1. The summed E-state index contributed by atoms with van der Waals surface area (Å²) in [6.07, 6.45) is 7.28. The topological polar surface area (TPSA) is 105 Å². The molecule has 0 radical (unpaired) electrons. The maximum Gasteiger partial charge on any atom is 0.328 e. The first-order valence-electron chi connectivity index (χ1n) is 5.78. The zero-order chi connectivity index (χ0) is 13.7. The number of urea groups is 1. The Bertz CT molecular complexity index is 488. The average molecular weight is 263 g/mol. The summed E-state index contributed by atoms with van der Waals surface area (Å²) in [5.74, 6) is -2.33.